The smallest absolute Gasteiger partial charge is 0.264 e. The van der Waals surface area contributed by atoms with Crippen LogP contribution in [0.3, 0.4) is 0 Å². The van der Waals surface area contributed by atoms with E-state index in [1.807, 2.05) is 0 Å². The first kappa shape index (κ1) is 22.2. The minimum absolute atomic E-state index is 0.00570. The third kappa shape index (κ3) is 5.79. The predicted octanol–water partition coefficient (Wildman–Crippen LogP) is 3.01. The summed E-state index contributed by atoms with van der Waals surface area (Å²) in [6.07, 6.45) is 4.48. The van der Waals surface area contributed by atoms with E-state index in [2.05, 4.69) is 10.2 Å². The van der Waals surface area contributed by atoms with Crippen molar-refractivity contribution in [3.8, 4) is 0 Å². The van der Waals surface area contributed by atoms with Gasteiger partial charge in [-0.1, -0.05) is 36.8 Å². The molecule has 0 radical (unpaired) electrons. The van der Waals surface area contributed by atoms with Crippen LogP contribution in [0.4, 0.5) is 10.1 Å². The van der Waals surface area contributed by atoms with Gasteiger partial charge >= 0.3 is 0 Å². The van der Waals surface area contributed by atoms with Crippen LogP contribution in [0, 0.1) is 5.82 Å². The van der Waals surface area contributed by atoms with Crippen molar-refractivity contribution in [1.82, 2.24) is 10.2 Å². The molecular formula is C22H28FN3O3S. The molecule has 1 amide bonds. The number of carbonyl (C=O) groups excluding carboxylic acids is 1. The topological polar surface area (TPSA) is 69.7 Å². The van der Waals surface area contributed by atoms with Gasteiger partial charge in [0.1, 0.15) is 12.4 Å². The summed E-state index contributed by atoms with van der Waals surface area (Å²) >= 11 is 0. The summed E-state index contributed by atoms with van der Waals surface area (Å²) in [5.41, 5.74) is -0.148. The number of sulfonamides is 1. The molecule has 0 atom stereocenters. The van der Waals surface area contributed by atoms with Crippen LogP contribution >= 0.6 is 0 Å². The number of anilines is 1. The highest BCUT2D eigenvalue weighted by molar-refractivity contribution is 7.92. The fraction of sp³-hybridized carbons (Fsp3) is 0.409. The molecule has 1 aliphatic rings. The molecule has 1 fully saturated rings. The third-order valence-electron chi connectivity index (χ3n) is 5.16. The maximum atomic E-state index is 14.4. The van der Waals surface area contributed by atoms with Gasteiger partial charge in [-0.25, -0.2) is 12.8 Å². The SMILES string of the molecule is O=C(CN(c1ccccc1F)S(=O)(=O)c1ccccc1)NCCCN1CCCCC1. The highest BCUT2D eigenvalue weighted by Gasteiger charge is 2.28. The monoisotopic (exact) mass is 433 g/mol. The number of carbonyl (C=O) groups is 1. The van der Waals surface area contributed by atoms with Gasteiger partial charge in [0.05, 0.1) is 10.6 Å². The van der Waals surface area contributed by atoms with Crippen molar-refractivity contribution in [2.45, 2.75) is 30.6 Å². The van der Waals surface area contributed by atoms with Gasteiger partial charge in [-0.3, -0.25) is 9.10 Å². The number of hydrogen-bond donors (Lipinski definition) is 1. The molecule has 3 rings (SSSR count). The molecule has 0 spiro atoms. The Morgan fingerprint density at radius 3 is 2.37 bits per heavy atom. The molecule has 2 aromatic rings. The molecular weight excluding hydrogens is 405 g/mol. The quantitative estimate of drug-likeness (QED) is 0.617. The van der Waals surface area contributed by atoms with Crippen molar-refractivity contribution >= 4 is 21.6 Å². The van der Waals surface area contributed by atoms with Gasteiger partial charge in [0.25, 0.3) is 10.0 Å². The number of amides is 1. The van der Waals surface area contributed by atoms with Crippen LogP contribution in [0.1, 0.15) is 25.7 Å². The molecule has 0 bridgehead atoms. The van der Waals surface area contributed by atoms with Gasteiger partial charge in [0, 0.05) is 6.54 Å². The number of nitrogens with one attached hydrogen (secondary N) is 1. The Labute approximate surface area is 177 Å². The van der Waals surface area contributed by atoms with Gasteiger partial charge in [-0.2, -0.15) is 0 Å². The van der Waals surface area contributed by atoms with Crippen LogP contribution in [0.5, 0.6) is 0 Å². The van der Waals surface area contributed by atoms with Crippen molar-refractivity contribution < 1.29 is 17.6 Å². The molecule has 0 unspecified atom stereocenters. The number of rotatable bonds is 9. The van der Waals surface area contributed by atoms with E-state index in [1.54, 1.807) is 24.3 Å². The summed E-state index contributed by atoms with van der Waals surface area (Å²) < 4.78 is 41.5. The Hall–Kier alpha value is -2.45. The number of nitrogens with zero attached hydrogens (tertiary/aromatic N) is 2. The Bertz CT molecular complexity index is 932. The molecule has 2 aromatic carbocycles. The largest absolute Gasteiger partial charge is 0.354 e. The minimum atomic E-state index is -4.10. The Balaban J connectivity index is 1.67. The highest BCUT2D eigenvalue weighted by atomic mass is 32.2. The lowest BCUT2D eigenvalue weighted by atomic mass is 10.1. The minimum Gasteiger partial charge on any atom is -0.354 e. The van der Waals surface area contributed by atoms with Crippen LogP contribution in [-0.2, 0) is 14.8 Å². The fourth-order valence-electron chi connectivity index (χ4n) is 3.57. The number of piperidine rings is 1. The zero-order valence-corrected chi connectivity index (χ0v) is 17.8. The zero-order chi connectivity index (χ0) is 21.4. The van der Waals surface area contributed by atoms with Gasteiger partial charge < -0.3 is 10.2 Å². The first-order valence-electron chi connectivity index (χ1n) is 10.3. The van der Waals surface area contributed by atoms with Crippen LogP contribution in [0.2, 0.25) is 0 Å². The van der Waals surface area contributed by atoms with Crippen molar-refractivity contribution in [2.75, 3.05) is 37.0 Å². The second-order valence-corrected chi connectivity index (χ2v) is 9.24. The van der Waals surface area contributed by atoms with E-state index >= 15 is 0 Å². The average molecular weight is 434 g/mol. The molecule has 0 aliphatic carbocycles. The number of para-hydroxylation sites is 1. The van der Waals surface area contributed by atoms with Gasteiger partial charge in [-0.15, -0.1) is 0 Å². The molecule has 0 aromatic heterocycles. The molecule has 1 aliphatic heterocycles. The van der Waals surface area contributed by atoms with Gasteiger partial charge in [0.2, 0.25) is 5.91 Å². The normalized spacial score (nSPS) is 15.0. The predicted molar refractivity (Wildman–Crippen MR) is 115 cm³/mol. The first-order chi connectivity index (χ1) is 14.5. The molecule has 6 nitrogen and oxygen atoms in total. The Morgan fingerprint density at radius 1 is 1.00 bits per heavy atom. The lowest BCUT2D eigenvalue weighted by Gasteiger charge is -2.26. The standard InChI is InChI=1S/C22H28FN3O3S/c23-20-12-5-6-13-21(20)26(30(28,29)19-10-3-1-4-11-19)18-22(27)24-14-9-17-25-15-7-2-8-16-25/h1,3-6,10-13H,2,7-9,14-18H2,(H,24,27). The number of benzene rings is 2. The van der Waals surface area contributed by atoms with Gasteiger partial charge in [-0.05, 0) is 63.2 Å². The second-order valence-electron chi connectivity index (χ2n) is 7.38. The first-order valence-corrected chi connectivity index (χ1v) is 11.7. The summed E-state index contributed by atoms with van der Waals surface area (Å²) in [4.78, 5) is 14.9. The number of likely N-dealkylation sites (tertiary alicyclic amines) is 1. The lowest BCUT2D eigenvalue weighted by molar-refractivity contribution is -0.119. The van der Waals surface area contributed by atoms with Crippen LogP contribution in [0.15, 0.2) is 59.5 Å². The van der Waals surface area contributed by atoms with Crippen molar-refractivity contribution in [1.29, 1.82) is 0 Å². The lowest BCUT2D eigenvalue weighted by Crippen LogP contribution is -2.42. The fourth-order valence-corrected chi connectivity index (χ4v) is 5.02. The summed E-state index contributed by atoms with van der Waals surface area (Å²) in [5.74, 6) is -1.16. The Kier molecular flexibility index (Phi) is 7.81. The van der Waals surface area contributed by atoms with Crippen LogP contribution in [0.25, 0.3) is 0 Å². The van der Waals surface area contributed by atoms with E-state index in [1.165, 1.54) is 49.6 Å². The van der Waals surface area contributed by atoms with Crippen LogP contribution < -0.4 is 9.62 Å². The Morgan fingerprint density at radius 2 is 1.67 bits per heavy atom. The number of hydrogen-bond acceptors (Lipinski definition) is 4. The average Bonchev–Trinajstić information content (AvgIpc) is 2.77. The maximum absolute atomic E-state index is 14.4. The molecule has 1 saturated heterocycles. The molecule has 162 valence electrons. The summed E-state index contributed by atoms with van der Waals surface area (Å²) in [6, 6.07) is 13.3. The molecule has 1 heterocycles. The van der Waals surface area contributed by atoms with E-state index in [0.717, 1.165) is 30.4 Å². The van der Waals surface area contributed by atoms with Crippen molar-refractivity contribution in [2.24, 2.45) is 0 Å². The second kappa shape index (κ2) is 10.5. The molecule has 8 heteroatoms. The van der Waals surface area contributed by atoms with E-state index < -0.39 is 28.3 Å². The third-order valence-corrected chi connectivity index (χ3v) is 6.94. The van der Waals surface area contributed by atoms with E-state index in [-0.39, 0.29) is 10.6 Å². The molecule has 30 heavy (non-hydrogen) atoms. The molecule has 1 N–H and O–H groups in total. The van der Waals surface area contributed by atoms with Crippen molar-refractivity contribution in [3.05, 3.63) is 60.4 Å². The summed E-state index contributed by atoms with van der Waals surface area (Å²) in [7, 11) is -4.10. The zero-order valence-electron chi connectivity index (χ0n) is 17.0. The molecule has 0 saturated carbocycles. The van der Waals surface area contributed by atoms with E-state index in [4.69, 9.17) is 0 Å². The van der Waals surface area contributed by atoms with Crippen LogP contribution in [-0.4, -0.2) is 51.9 Å². The van der Waals surface area contributed by atoms with Crippen molar-refractivity contribution in [3.63, 3.8) is 0 Å². The van der Waals surface area contributed by atoms with E-state index in [9.17, 15) is 17.6 Å². The summed E-state index contributed by atoms with van der Waals surface area (Å²) in [5, 5.41) is 2.77. The number of halogens is 1. The summed E-state index contributed by atoms with van der Waals surface area (Å²) in [6.45, 7) is 3.04. The van der Waals surface area contributed by atoms with E-state index in [0.29, 0.717) is 6.54 Å². The highest BCUT2D eigenvalue weighted by Crippen LogP contribution is 2.25. The maximum Gasteiger partial charge on any atom is 0.264 e. The van der Waals surface area contributed by atoms with Gasteiger partial charge in [0.15, 0.2) is 0 Å².